The van der Waals surface area contributed by atoms with Gasteiger partial charge in [-0.1, -0.05) is 30.3 Å². The number of imide groups is 1. The molecule has 2 heterocycles. The van der Waals surface area contributed by atoms with Gasteiger partial charge < -0.3 is 5.32 Å². The lowest BCUT2D eigenvalue weighted by Gasteiger charge is -2.19. The smallest absolute Gasteiger partial charge is 0.322 e. The lowest BCUT2D eigenvalue weighted by Crippen LogP contribution is -2.49. The van der Waals surface area contributed by atoms with E-state index in [0.717, 1.165) is 17.3 Å². The zero-order chi connectivity index (χ0) is 20.6. The number of carbonyl (C=O) groups is 3. The number of carbonyl (C=O) groups excluding carboxylic acids is 3. The van der Waals surface area contributed by atoms with E-state index in [-0.39, 0.29) is 11.3 Å². The number of urea groups is 1. The molecule has 1 aromatic heterocycles. The van der Waals surface area contributed by atoms with E-state index < -0.39 is 23.4 Å². The lowest BCUT2D eigenvalue weighted by molar-refractivity contribution is -0.137. The number of hydrogen-bond acceptors (Lipinski definition) is 6. The molecule has 0 aliphatic carbocycles. The molecule has 9 nitrogen and oxygen atoms in total. The Kier molecular flexibility index (Phi) is 5.16. The van der Waals surface area contributed by atoms with E-state index in [0.29, 0.717) is 27.5 Å². The minimum atomic E-state index is -1.03. The number of rotatable bonds is 5. The number of aryl methyl sites for hydroxylation is 1. The molecule has 1 saturated heterocycles. The molecule has 1 aliphatic heterocycles. The van der Waals surface area contributed by atoms with Crippen LogP contribution >= 0.6 is 11.8 Å². The molecule has 1 unspecified atom stereocenters. The van der Waals surface area contributed by atoms with Crippen LogP contribution in [0.3, 0.4) is 0 Å². The predicted molar refractivity (Wildman–Crippen MR) is 105 cm³/mol. The van der Waals surface area contributed by atoms with Crippen LogP contribution in [0.1, 0.15) is 25.8 Å². The molecule has 1 aromatic carbocycles. The topological polar surface area (TPSA) is 113 Å². The van der Waals surface area contributed by atoms with E-state index >= 15 is 0 Å². The number of aromatic nitrogens is 2. The van der Waals surface area contributed by atoms with Gasteiger partial charge in [0, 0.05) is 7.05 Å². The Morgan fingerprint density at radius 1 is 1.32 bits per heavy atom. The van der Waals surface area contributed by atoms with E-state index in [2.05, 4.69) is 15.7 Å². The third-order valence-electron chi connectivity index (χ3n) is 4.73. The first-order valence-electron chi connectivity index (χ1n) is 8.72. The molecule has 0 saturated carbocycles. The fourth-order valence-corrected chi connectivity index (χ4v) is 3.57. The van der Waals surface area contributed by atoms with Crippen molar-refractivity contribution in [2.45, 2.75) is 37.9 Å². The summed E-state index contributed by atoms with van der Waals surface area (Å²) in [6.07, 6.45) is 0.404. The van der Waals surface area contributed by atoms with Crippen molar-refractivity contribution in [1.82, 2.24) is 25.3 Å². The van der Waals surface area contributed by atoms with Crippen molar-refractivity contribution in [3.63, 3.8) is 0 Å². The average molecular weight is 403 g/mol. The Labute approximate surface area is 165 Å². The second-order valence-electron chi connectivity index (χ2n) is 6.86. The second kappa shape index (κ2) is 7.27. The molecule has 2 N–H and O–H groups in total. The van der Waals surface area contributed by atoms with Gasteiger partial charge in [0.15, 0.2) is 5.16 Å². The molecule has 4 amide bonds. The van der Waals surface area contributed by atoms with E-state index in [4.69, 9.17) is 0 Å². The summed E-state index contributed by atoms with van der Waals surface area (Å²) in [4.78, 5) is 53.5. The fraction of sp³-hybridized carbons (Fsp3) is 0.389. The molecule has 148 valence electrons. The van der Waals surface area contributed by atoms with E-state index in [1.807, 2.05) is 13.0 Å². The van der Waals surface area contributed by atoms with Crippen LogP contribution in [0, 0.1) is 6.92 Å². The standard InChI is InChI=1S/C18H21N5O4S/c1-5-18(3)15(26)23(16(27)20-18)21-13(24)9-28-17-19-12-7-6-10(2)8-11(12)14(25)22(17)4/h6-8H,5,9H2,1-4H3,(H,20,27)(H,21,24). The summed E-state index contributed by atoms with van der Waals surface area (Å²) in [5, 5.41) is 4.13. The molecular weight excluding hydrogens is 382 g/mol. The van der Waals surface area contributed by atoms with Crippen LogP contribution in [0.5, 0.6) is 0 Å². The van der Waals surface area contributed by atoms with Gasteiger partial charge in [-0.2, -0.15) is 5.01 Å². The highest BCUT2D eigenvalue weighted by molar-refractivity contribution is 7.99. The van der Waals surface area contributed by atoms with Crippen LogP contribution in [0.25, 0.3) is 10.9 Å². The summed E-state index contributed by atoms with van der Waals surface area (Å²) in [6, 6.07) is 4.72. The van der Waals surface area contributed by atoms with E-state index in [9.17, 15) is 19.2 Å². The highest BCUT2D eigenvalue weighted by atomic mass is 32.2. The molecule has 2 aromatic rings. The van der Waals surface area contributed by atoms with Crippen molar-refractivity contribution in [3.8, 4) is 0 Å². The van der Waals surface area contributed by atoms with Crippen molar-refractivity contribution < 1.29 is 14.4 Å². The van der Waals surface area contributed by atoms with Crippen LogP contribution < -0.4 is 16.3 Å². The first-order valence-corrected chi connectivity index (χ1v) is 9.71. The second-order valence-corrected chi connectivity index (χ2v) is 7.80. The minimum Gasteiger partial charge on any atom is -0.322 e. The van der Waals surface area contributed by atoms with Crippen molar-refractivity contribution in [1.29, 1.82) is 0 Å². The van der Waals surface area contributed by atoms with Crippen molar-refractivity contribution in [2.75, 3.05) is 5.75 Å². The van der Waals surface area contributed by atoms with Crippen LogP contribution in [0.2, 0.25) is 0 Å². The molecule has 1 aliphatic rings. The van der Waals surface area contributed by atoms with Gasteiger partial charge in [0.05, 0.1) is 16.7 Å². The summed E-state index contributed by atoms with van der Waals surface area (Å²) in [6.45, 7) is 5.27. The van der Waals surface area contributed by atoms with Crippen molar-refractivity contribution in [2.24, 2.45) is 7.05 Å². The average Bonchev–Trinajstić information content (AvgIpc) is 2.87. The minimum absolute atomic E-state index is 0.114. The number of hydrazine groups is 1. The van der Waals surface area contributed by atoms with E-state index in [1.165, 1.54) is 4.57 Å². The Bertz CT molecular complexity index is 1050. The highest BCUT2D eigenvalue weighted by Crippen LogP contribution is 2.20. The molecule has 0 bridgehead atoms. The van der Waals surface area contributed by atoms with Gasteiger partial charge in [-0.25, -0.2) is 9.78 Å². The Balaban J connectivity index is 1.72. The largest absolute Gasteiger partial charge is 0.344 e. The molecule has 0 spiro atoms. The third kappa shape index (κ3) is 3.47. The molecule has 3 rings (SSSR count). The summed E-state index contributed by atoms with van der Waals surface area (Å²) in [5.74, 6) is -1.17. The Morgan fingerprint density at radius 3 is 2.68 bits per heavy atom. The quantitative estimate of drug-likeness (QED) is 0.439. The van der Waals surface area contributed by atoms with Crippen LogP contribution in [-0.4, -0.2) is 43.7 Å². The number of amides is 4. The predicted octanol–water partition coefficient (Wildman–Crippen LogP) is 1.09. The number of thioether (sulfide) groups is 1. The number of benzene rings is 1. The maximum atomic E-state index is 12.5. The molecule has 10 heteroatoms. The van der Waals surface area contributed by atoms with Crippen molar-refractivity contribution >= 4 is 40.5 Å². The normalized spacial score (nSPS) is 19.2. The van der Waals surface area contributed by atoms with Gasteiger partial charge in [0.1, 0.15) is 5.54 Å². The van der Waals surface area contributed by atoms with Crippen molar-refractivity contribution in [3.05, 3.63) is 34.1 Å². The summed E-state index contributed by atoms with van der Waals surface area (Å²) < 4.78 is 1.38. The lowest BCUT2D eigenvalue weighted by atomic mass is 10.00. The molecule has 1 fully saturated rings. The highest BCUT2D eigenvalue weighted by Gasteiger charge is 2.47. The maximum Gasteiger partial charge on any atom is 0.344 e. The zero-order valence-electron chi connectivity index (χ0n) is 16.0. The van der Waals surface area contributed by atoms with Gasteiger partial charge in [0.25, 0.3) is 11.5 Å². The van der Waals surface area contributed by atoms with Gasteiger partial charge >= 0.3 is 6.03 Å². The summed E-state index contributed by atoms with van der Waals surface area (Å²) >= 11 is 1.05. The van der Waals surface area contributed by atoms with Crippen LogP contribution in [0.4, 0.5) is 4.79 Å². The Hall–Kier alpha value is -2.88. The number of fused-ring (bicyclic) bond motifs is 1. The fourth-order valence-electron chi connectivity index (χ4n) is 2.81. The van der Waals surface area contributed by atoms with Gasteiger partial charge in [-0.15, -0.1) is 0 Å². The number of hydrogen-bond donors (Lipinski definition) is 2. The van der Waals surface area contributed by atoms with Gasteiger partial charge in [-0.3, -0.25) is 24.4 Å². The van der Waals surface area contributed by atoms with Gasteiger partial charge in [-0.05, 0) is 32.4 Å². The maximum absolute atomic E-state index is 12.5. The summed E-state index contributed by atoms with van der Waals surface area (Å²) in [5.41, 5.74) is 2.58. The molecule has 0 radical (unpaired) electrons. The number of nitrogens with one attached hydrogen (secondary N) is 2. The molecule has 1 atom stereocenters. The summed E-state index contributed by atoms with van der Waals surface area (Å²) in [7, 11) is 1.58. The SMILES string of the molecule is CCC1(C)NC(=O)N(NC(=O)CSc2nc3ccc(C)cc3c(=O)n2C)C1=O. The van der Waals surface area contributed by atoms with E-state index in [1.54, 1.807) is 33.0 Å². The molecular formula is C18H21N5O4S. The van der Waals surface area contributed by atoms with Crippen LogP contribution in [-0.2, 0) is 16.6 Å². The van der Waals surface area contributed by atoms with Crippen LogP contribution in [0.15, 0.2) is 28.2 Å². The van der Waals surface area contributed by atoms with Gasteiger partial charge in [0.2, 0.25) is 5.91 Å². The number of nitrogens with zero attached hydrogens (tertiary/aromatic N) is 3. The first kappa shape index (κ1) is 19.9. The third-order valence-corrected chi connectivity index (χ3v) is 5.76. The molecule has 28 heavy (non-hydrogen) atoms. The monoisotopic (exact) mass is 403 g/mol. The first-order chi connectivity index (χ1) is 13.2. The zero-order valence-corrected chi connectivity index (χ0v) is 16.8. The Morgan fingerprint density at radius 2 is 2.04 bits per heavy atom.